The summed E-state index contributed by atoms with van der Waals surface area (Å²) in [6.07, 6.45) is 3.28. The maximum Gasteiger partial charge on any atom is 0.309 e. The molecule has 25 heavy (non-hydrogen) atoms. The van der Waals surface area contributed by atoms with Crippen molar-refractivity contribution >= 4 is 5.97 Å². The SMILES string of the molecule is CCc1ccc(OCc2c(CC(=O)OC)cccc2C2CC2)c(F)c1. The van der Waals surface area contributed by atoms with Crippen LogP contribution in [0.2, 0.25) is 0 Å². The van der Waals surface area contributed by atoms with Gasteiger partial charge in [-0.3, -0.25) is 4.79 Å². The van der Waals surface area contributed by atoms with Gasteiger partial charge in [-0.05, 0) is 59.6 Å². The van der Waals surface area contributed by atoms with Gasteiger partial charge in [0.15, 0.2) is 11.6 Å². The largest absolute Gasteiger partial charge is 0.486 e. The number of esters is 1. The Morgan fingerprint density at radius 2 is 2.04 bits per heavy atom. The van der Waals surface area contributed by atoms with Gasteiger partial charge in [0.25, 0.3) is 0 Å². The van der Waals surface area contributed by atoms with E-state index in [0.717, 1.165) is 36.0 Å². The Bertz CT molecular complexity index is 766. The van der Waals surface area contributed by atoms with Crippen molar-refractivity contribution in [3.63, 3.8) is 0 Å². The van der Waals surface area contributed by atoms with Crippen molar-refractivity contribution in [2.75, 3.05) is 7.11 Å². The summed E-state index contributed by atoms with van der Waals surface area (Å²) in [4.78, 5) is 11.7. The van der Waals surface area contributed by atoms with Crippen LogP contribution in [0.1, 0.15) is 47.9 Å². The highest BCUT2D eigenvalue weighted by Gasteiger charge is 2.27. The van der Waals surface area contributed by atoms with Crippen molar-refractivity contribution in [1.82, 2.24) is 0 Å². The van der Waals surface area contributed by atoms with E-state index in [1.165, 1.54) is 18.7 Å². The summed E-state index contributed by atoms with van der Waals surface area (Å²) >= 11 is 0. The third-order valence-electron chi connectivity index (χ3n) is 4.67. The number of carbonyl (C=O) groups excluding carboxylic acids is 1. The minimum absolute atomic E-state index is 0.201. The minimum Gasteiger partial charge on any atom is -0.486 e. The molecule has 0 amide bonds. The Kier molecular flexibility index (Phi) is 5.37. The molecule has 0 unspecified atom stereocenters. The quantitative estimate of drug-likeness (QED) is 0.692. The van der Waals surface area contributed by atoms with Gasteiger partial charge >= 0.3 is 5.97 Å². The van der Waals surface area contributed by atoms with Gasteiger partial charge in [0, 0.05) is 0 Å². The summed E-state index contributed by atoms with van der Waals surface area (Å²) in [5.74, 6) is 0.126. The number of rotatable bonds is 7. The third kappa shape index (κ3) is 4.19. The molecule has 4 heteroatoms. The molecule has 0 saturated heterocycles. The molecule has 0 radical (unpaired) electrons. The van der Waals surface area contributed by atoms with Crippen molar-refractivity contribution in [1.29, 1.82) is 0 Å². The third-order valence-corrected chi connectivity index (χ3v) is 4.67. The van der Waals surface area contributed by atoms with E-state index in [1.54, 1.807) is 6.07 Å². The van der Waals surface area contributed by atoms with Gasteiger partial charge in [0.05, 0.1) is 13.5 Å². The fourth-order valence-electron chi connectivity index (χ4n) is 3.03. The predicted octanol–water partition coefficient (Wildman–Crippen LogP) is 4.56. The van der Waals surface area contributed by atoms with Crippen LogP contribution in [0.25, 0.3) is 0 Å². The molecule has 3 rings (SSSR count). The second-order valence-corrected chi connectivity index (χ2v) is 6.42. The first-order chi connectivity index (χ1) is 12.1. The zero-order valence-corrected chi connectivity index (χ0v) is 14.7. The standard InChI is InChI=1S/C21H23FO3/c1-3-14-7-10-20(19(22)11-14)25-13-18-16(12-21(23)24-2)5-4-6-17(18)15-8-9-15/h4-7,10-11,15H,3,8-9,12-13H2,1-2H3. The normalized spacial score (nSPS) is 13.6. The van der Waals surface area contributed by atoms with Crippen molar-refractivity contribution in [3.05, 3.63) is 64.5 Å². The van der Waals surface area contributed by atoms with Crippen molar-refractivity contribution in [3.8, 4) is 5.75 Å². The molecule has 0 N–H and O–H groups in total. The molecule has 0 spiro atoms. The van der Waals surface area contributed by atoms with E-state index in [2.05, 4.69) is 6.07 Å². The number of benzene rings is 2. The van der Waals surface area contributed by atoms with Gasteiger partial charge in [-0.1, -0.05) is 31.2 Å². The molecular weight excluding hydrogens is 319 g/mol. The molecule has 3 nitrogen and oxygen atoms in total. The lowest BCUT2D eigenvalue weighted by Crippen LogP contribution is -2.10. The Morgan fingerprint density at radius 3 is 2.68 bits per heavy atom. The van der Waals surface area contributed by atoms with Gasteiger partial charge < -0.3 is 9.47 Å². The van der Waals surface area contributed by atoms with Crippen LogP contribution in [-0.4, -0.2) is 13.1 Å². The van der Waals surface area contributed by atoms with E-state index < -0.39 is 0 Å². The highest BCUT2D eigenvalue weighted by atomic mass is 19.1. The second kappa shape index (κ2) is 7.68. The van der Waals surface area contributed by atoms with Gasteiger partial charge in [0.1, 0.15) is 6.61 Å². The molecule has 0 bridgehead atoms. The van der Waals surface area contributed by atoms with Crippen LogP contribution < -0.4 is 4.74 Å². The number of carbonyl (C=O) groups is 1. The number of methoxy groups -OCH3 is 1. The molecular formula is C21H23FO3. The molecule has 0 aromatic heterocycles. The fraction of sp³-hybridized carbons (Fsp3) is 0.381. The molecule has 1 fully saturated rings. The molecule has 2 aromatic rings. The van der Waals surface area contributed by atoms with E-state index >= 15 is 0 Å². The van der Waals surface area contributed by atoms with Crippen LogP contribution in [0.4, 0.5) is 4.39 Å². The smallest absolute Gasteiger partial charge is 0.309 e. The summed E-state index contributed by atoms with van der Waals surface area (Å²) in [6, 6.07) is 11.0. The summed E-state index contributed by atoms with van der Waals surface area (Å²) in [5.41, 5.74) is 4.01. The summed E-state index contributed by atoms with van der Waals surface area (Å²) in [6.45, 7) is 2.24. The fourth-order valence-corrected chi connectivity index (χ4v) is 3.03. The first kappa shape index (κ1) is 17.5. The molecule has 0 atom stereocenters. The minimum atomic E-state index is -0.349. The van der Waals surface area contributed by atoms with E-state index in [9.17, 15) is 9.18 Å². The van der Waals surface area contributed by atoms with Crippen LogP contribution in [0.5, 0.6) is 5.75 Å². The number of hydrogen-bond acceptors (Lipinski definition) is 3. The lowest BCUT2D eigenvalue weighted by molar-refractivity contribution is -0.139. The molecule has 2 aromatic carbocycles. The Morgan fingerprint density at radius 1 is 1.24 bits per heavy atom. The van der Waals surface area contributed by atoms with E-state index in [1.807, 2.05) is 25.1 Å². The van der Waals surface area contributed by atoms with Crippen LogP contribution in [0, 0.1) is 5.82 Å². The Balaban J connectivity index is 1.84. The van der Waals surface area contributed by atoms with E-state index in [4.69, 9.17) is 9.47 Å². The monoisotopic (exact) mass is 342 g/mol. The van der Waals surface area contributed by atoms with Crippen LogP contribution >= 0.6 is 0 Å². The maximum absolute atomic E-state index is 14.2. The van der Waals surface area contributed by atoms with E-state index in [-0.39, 0.29) is 30.6 Å². The molecule has 1 aliphatic carbocycles. The zero-order chi connectivity index (χ0) is 17.8. The van der Waals surface area contributed by atoms with Crippen LogP contribution in [0.3, 0.4) is 0 Å². The van der Waals surface area contributed by atoms with Crippen molar-refractivity contribution in [2.24, 2.45) is 0 Å². The second-order valence-electron chi connectivity index (χ2n) is 6.42. The molecule has 1 saturated carbocycles. The average Bonchev–Trinajstić information content (AvgIpc) is 3.46. The summed E-state index contributed by atoms with van der Waals surface area (Å²) in [7, 11) is 1.38. The molecule has 132 valence electrons. The topological polar surface area (TPSA) is 35.5 Å². The Hall–Kier alpha value is -2.36. The first-order valence-electron chi connectivity index (χ1n) is 8.71. The molecule has 1 aliphatic rings. The first-order valence-corrected chi connectivity index (χ1v) is 8.71. The highest BCUT2D eigenvalue weighted by Crippen LogP contribution is 2.42. The van der Waals surface area contributed by atoms with Gasteiger partial charge in [-0.2, -0.15) is 0 Å². The van der Waals surface area contributed by atoms with Crippen LogP contribution in [-0.2, 0) is 29.0 Å². The lowest BCUT2D eigenvalue weighted by Gasteiger charge is -2.16. The van der Waals surface area contributed by atoms with Gasteiger partial charge in [-0.15, -0.1) is 0 Å². The number of aryl methyl sites for hydroxylation is 1. The number of ether oxygens (including phenoxy) is 2. The van der Waals surface area contributed by atoms with E-state index in [0.29, 0.717) is 5.92 Å². The summed E-state index contributed by atoms with van der Waals surface area (Å²) < 4.78 is 24.7. The van der Waals surface area contributed by atoms with Crippen molar-refractivity contribution < 1.29 is 18.7 Å². The number of halogens is 1. The van der Waals surface area contributed by atoms with Crippen molar-refractivity contribution in [2.45, 2.75) is 45.1 Å². The molecule has 0 heterocycles. The molecule has 0 aliphatic heterocycles. The maximum atomic E-state index is 14.2. The Labute approximate surface area is 147 Å². The predicted molar refractivity (Wildman–Crippen MR) is 94.2 cm³/mol. The van der Waals surface area contributed by atoms with Gasteiger partial charge in [-0.25, -0.2) is 4.39 Å². The van der Waals surface area contributed by atoms with Crippen LogP contribution in [0.15, 0.2) is 36.4 Å². The van der Waals surface area contributed by atoms with Gasteiger partial charge in [0.2, 0.25) is 0 Å². The average molecular weight is 342 g/mol. The zero-order valence-electron chi connectivity index (χ0n) is 14.7. The highest BCUT2D eigenvalue weighted by molar-refractivity contribution is 5.73. The summed E-state index contributed by atoms with van der Waals surface area (Å²) in [5, 5.41) is 0. The lowest BCUT2D eigenvalue weighted by atomic mass is 9.96. The number of hydrogen-bond donors (Lipinski definition) is 0.